The molecule has 1 N–H and O–H groups in total. The van der Waals surface area contributed by atoms with Crippen molar-refractivity contribution in [1.82, 2.24) is 15.2 Å². The van der Waals surface area contributed by atoms with E-state index in [0.717, 1.165) is 17.0 Å². The molecule has 0 unspecified atom stereocenters. The number of aryl methyl sites for hydroxylation is 1. The molecule has 1 aromatic heterocycles. The van der Waals surface area contributed by atoms with E-state index in [0.29, 0.717) is 18.7 Å². The van der Waals surface area contributed by atoms with Gasteiger partial charge in [-0.05, 0) is 56.7 Å². The normalized spacial score (nSPS) is 15.1. The number of carbonyl (C=O) groups excluding carboxylic acids is 2. The molecule has 0 fully saturated rings. The molecule has 0 saturated carbocycles. The van der Waals surface area contributed by atoms with Gasteiger partial charge in [-0.2, -0.15) is 13.2 Å². The van der Waals surface area contributed by atoms with Crippen molar-refractivity contribution in [2.24, 2.45) is 0 Å². The second-order valence-corrected chi connectivity index (χ2v) is 7.66. The number of amides is 2. The lowest BCUT2D eigenvalue weighted by atomic mass is 10.1. The zero-order valence-electron chi connectivity index (χ0n) is 19.2. The molecule has 0 aliphatic carbocycles. The van der Waals surface area contributed by atoms with Crippen molar-refractivity contribution in [3.05, 3.63) is 70.7 Å². The zero-order valence-corrected chi connectivity index (χ0v) is 19.2. The van der Waals surface area contributed by atoms with Crippen LogP contribution in [0, 0.1) is 6.92 Å². The molecule has 7 nitrogen and oxygen atoms in total. The van der Waals surface area contributed by atoms with E-state index in [4.69, 9.17) is 0 Å². The maximum absolute atomic E-state index is 13.4. The van der Waals surface area contributed by atoms with Crippen LogP contribution in [0.25, 0.3) is 0 Å². The molecule has 1 aliphatic heterocycles. The molecule has 2 heterocycles. The summed E-state index contributed by atoms with van der Waals surface area (Å²) in [7, 11) is 0. The molecule has 0 bridgehead atoms. The molecule has 0 radical (unpaired) electrons. The third-order valence-corrected chi connectivity index (χ3v) is 5.18. The van der Waals surface area contributed by atoms with Gasteiger partial charge in [-0.15, -0.1) is 13.2 Å². The Labute approximate surface area is 201 Å². The number of fused-ring (bicyclic) bond motifs is 1. The maximum Gasteiger partial charge on any atom is 0.573 e. The van der Waals surface area contributed by atoms with Crippen LogP contribution < -0.4 is 15.0 Å². The summed E-state index contributed by atoms with van der Waals surface area (Å²) < 4.78 is 82.0. The van der Waals surface area contributed by atoms with E-state index in [1.54, 1.807) is 13.0 Å². The van der Waals surface area contributed by atoms with Crippen LogP contribution in [0.3, 0.4) is 0 Å². The highest BCUT2D eigenvalue weighted by atomic mass is 19.4. The first-order chi connectivity index (χ1) is 16.8. The standard InChI is InChI=1S/C23H20F6N4O3/c1-4-5-19(14(3)31-11-34)33-12-32(18-7-6-16(8-13(18)2)36-23(27,28)29)20-17(21(33)35)9-15(10-30-20)22(24,25)26/h4-11H,12H2,1-3H3,(H,31,34)/b5-4-,19-14+. The van der Waals surface area contributed by atoms with Crippen molar-refractivity contribution in [3.8, 4) is 5.75 Å². The number of aromatic nitrogens is 1. The molecule has 1 aromatic carbocycles. The van der Waals surface area contributed by atoms with Crippen LogP contribution in [0.5, 0.6) is 5.75 Å². The minimum atomic E-state index is -4.92. The van der Waals surface area contributed by atoms with Gasteiger partial charge in [0.15, 0.2) is 0 Å². The van der Waals surface area contributed by atoms with Gasteiger partial charge in [-0.3, -0.25) is 14.5 Å². The predicted molar refractivity (Wildman–Crippen MR) is 117 cm³/mol. The number of benzene rings is 1. The maximum atomic E-state index is 13.4. The number of hydrogen-bond donors (Lipinski definition) is 1. The van der Waals surface area contributed by atoms with Crippen molar-refractivity contribution in [2.45, 2.75) is 33.3 Å². The monoisotopic (exact) mass is 514 g/mol. The molecule has 0 saturated heterocycles. The summed E-state index contributed by atoms with van der Waals surface area (Å²) >= 11 is 0. The minimum absolute atomic E-state index is 0.113. The Morgan fingerprint density at radius 3 is 2.42 bits per heavy atom. The highest BCUT2D eigenvalue weighted by Gasteiger charge is 2.38. The van der Waals surface area contributed by atoms with Crippen LogP contribution in [0.4, 0.5) is 37.8 Å². The molecule has 2 amide bonds. The Hall–Kier alpha value is -4.03. The molecule has 0 spiro atoms. The first-order valence-electron chi connectivity index (χ1n) is 10.3. The summed E-state index contributed by atoms with van der Waals surface area (Å²) in [5.41, 5.74) is -0.550. The van der Waals surface area contributed by atoms with Gasteiger partial charge >= 0.3 is 12.5 Å². The average Bonchev–Trinajstić information content (AvgIpc) is 2.77. The van der Waals surface area contributed by atoms with E-state index >= 15 is 0 Å². The van der Waals surface area contributed by atoms with Crippen molar-refractivity contribution in [3.63, 3.8) is 0 Å². The van der Waals surface area contributed by atoms with Crippen LogP contribution in [0.15, 0.2) is 54.0 Å². The number of alkyl halides is 6. The molecular weight excluding hydrogens is 494 g/mol. The average molecular weight is 514 g/mol. The molecule has 13 heteroatoms. The van der Waals surface area contributed by atoms with E-state index in [1.165, 1.54) is 30.9 Å². The predicted octanol–water partition coefficient (Wildman–Crippen LogP) is 5.41. The van der Waals surface area contributed by atoms with Gasteiger partial charge in [-0.1, -0.05) is 6.08 Å². The van der Waals surface area contributed by atoms with E-state index < -0.39 is 29.8 Å². The second kappa shape index (κ2) is 9.91. The van der Waals surface area contributed by atoms with Crippen LogP contribution in [-0.4, -0.2) is 35.2 Å². The van der Waals surface area contributed by atoms with Gasteiger partial charge in [0.25, 0.3) is 5.91 Å². The number of carbonyl (C=O) groups is 2. The SMILES string of the molecule is C/C=C\C(=C(\C)NC=O)N1CN(c2ccc(OC(F)(F)F)cc2C)c2ncc(C(F)(F)F)cc2C1=O. The Morgan fingerprint density at radius 2 is 1.86 bits per heavy atom. The number of nitrogens with zero attached hydrogens (tertiary/aromatic N) is 3. The van der Waals surface area contributed by atoms with Crippen LogP contribution in [0.2, 0.25) is 0 Å². The highest BCUT2D eigenvalue weighted by molar-refractivity contribution is 6.03. The number of nitrogens with one attached hydrogen (secondary N) is 1. The summed E-state index contributed by atoms with van der Waals surface area (Å²) in [4.78, 5) is 30.8. The largest absolute Gasteiger partial charge is 0.573 e. The number of allylic oxidation sites excluding steroid dienone is 3. The van der Waals surface area contributed by atoms with Gasteiger partial charge < -0.3 is 15.0 Å². The molecular formula is C23H20F6N4O3. The van der Waals surface area contributed by atoms with E-state index in [1.807, 2.05) is 0 Å². The Kier molecular flexibility index (Phi) is 7.32. The summed E-state index contributed by atoms with van der Waals surface area (Å²) in [6.45, 7) is 4.35. The molecule has 0 atom stereocenters. The second-order valence-electron chi connectivity index (χ2n) is 7.66. The fourth-order valence-corrected chi connectivity index (χ4v) is 3.64. The summed E-state index contributed by atoms with van der Waals surface area (Å²) in [6.07, 6.45) is -5.68. The number of hydrogen-bond acceptors (Lipinski definition) is 5. The van der Waals surface area contributed by atoms with Gasteiger partial charge in [0.05, 0.1) is 16.8 Å². The van der Waals surface area contributed by atoms with Gasteiger partial charge in [0, 0.05) is 17.6 Å². The van der Waals surface area contributed by atoms with Crippen molar-refractivity contribution < 1.29 is 40.7 Å². The molecule has 36 heavy (non-hydrogen) atoms. The first-order valence-corrected chi connectivity index (χ1v) is 10.3. The van der Waals surface area contributed by atoms with Crippen LogP contribution >= 0.6 is 0 Å². The molecule has 2 aromatic rings. The molecule has 1 aliphatic rings. The van der Waals surface area contributed by atoms with Crippen LogP contribution in [0.1, 0.15) is 35.3 Å². The number of halogens is 6. The first kappa shape index (κ1) is 26.6. The summed E-state index contributed by atoms with van der Waals surface area (Å²) in [6, 6.07) is 4.09. The lowest BCUT2D eigenvalue weighted by molar-refractivity contribution is -0.274. The van der Waals surface area contributed by atoms with E-state index in [-0.39, 0.29) is 40.7 Å². The number of anilines is 2. The highest BCUT2D eigenvalue weighted by Crippen LogP contribution is 2.39. The molecule has 192 valence electrons. The van der Waals surface area contributed by atoms with Gasteiger partial charge in [-0.25, -0.2) is 4.98 Å². The van der Waals surface area contributed by atoms with Crippen molar-refractivity contribution in [2.75, 3.05) is 11.6 Å². The molecule has 3 rings (SSSR count). The number of ether oxygens (including phenoxy) is 1. The number of pyridine rings is 1. The number of rotatable bonds is 6. The topological polar surface area (TPSA) is 74.8 Å². The van der Waals surface area contributed by atoms with Gasteiger partial charge in [0.1, 0.15) is 18.2 Å². The van der Waals surface area contributed by atoms with Crippen molar-refractivity contribution >= 4 is 23.8 Å². The smallest absolute Gasteiger partial charge is 0.406 e. The van der Waals surface area contributed by atoms with Gasteiger partial charge in [0.2, 0.25) is 6.41 Å². The minimum Gasteiger partial charge on any atom is -0.406 e. The summed E-state index contributed by atoms with van der Waals surface area (Å²) in [5, 5.41) is 2.42. The lowest BCUT2D eigenvalue weighted by Gasteiger charge is -2.39. The fraction of sp³-hybridized carbons (Fsp3) is 0.261. The van der Waals surface area contributed by atoms with Crippen LogP contribution in [-0.2, 0) is 11.0 Å². The zero-order chi connectivity index (χ0) is 26.8. The Bertz CT molecular complexity index is 1240. The lowest BCUT2D eigenvalue weighted by Crippen LogP contribution is -2.45. The third-order valence-electron chi connectivity index (χ3n) is 5.18. The fourth-order valence-electron chi connectivity index (χ4n) is 3.64. The Morgan fingerprint density at radius 1 is 1.17 bits per heavy atom. The Balaban J connectivity index is 2.21. The summed E-state index contributed by atoms with van der Waals surface area (Å²) in [5.74, 6) is -1.41. The van der Waals surface area contributed by atoms with Crippen molar-refractivity contribution in [1.29, 1.82) is 0 Å². The third kappa shape index (κ3) is 5.61. The van der Waals surface area contributed by atoms with E-state index in [9.17, 15) is 35.9 Å². The quantitative estimate of drug-likeness (QED) is 0.317. The van der Waals surface area contributed by atoms with E-state index in [2.05, 4.69) is 15.0 Å².